The van der Waals surface area contributed by atoms with Gasteiger partial charge < -0.3 is 10.6 Å². The van der Waals surface area contributed by atoms with Gasteiger partial charge in [0.05, 0.1) is 0 Å². The second-order valence-corrected chi connectivity index (χ2v) is 5.30. The average molecular weight is 281 g/mol. The number of hydrogen-bond donors (Lipinski definition) is 2. The number of nitrogens with one attached hydrogen (secondary N) is 2. The number of carbonyl (C=O) groups excluding carboxylic acids is 1. The SMILES string of the molecule is O=C(CC1NCCc2ccccc21)NCc1cccnc1. The zero-order valence-electron chi connectivity index (χ0n) is 11.9. The molecule has 2 heterocycles. The van der Waals surface area contributed by atoms with Crippen LogP contribution in [-0.4, -0.2) is 17.4 Å². The lowest BCUT2D eigenvalue weighted by Gasteiger charge is -2.26. The molecule has 0 saturated heterocycles. The summed E-state index contributed by atoms with van der Waals surface area (Å²) in [5, 5.41) is 6.39. The lowest BCUT2D eigenvalue weighted by molar-refractivity contribution is -0.121. The third-order valence-corrected chi connectivity index (χ3v) is 3.82. The van der Waals surface area contributed by atoms with Crippen LogP contribution in [0, 0.1) is 0 Å². The van der Waals surface area contributed by atoms with Crippen molar-refractivity contribution >= 4 is 5.91 Å². The second-order valence-electron chi connectivity index (χ2n) is 5.30. The normalized spacial score (nSPS) is 17.0. The Balaban J connectivity index is 1.58. The van der Waals surface area contributed by atoms with E-state index >= 15 is 0 Å². The van der Waals surface area contributed by atoms with Crippen molar-refractivity contribution in [3.63, 3.8) is 0 Å². The lowest BCUT2D eigenvalue weighted by Crippen LogP contribution is -2.34. The van der Waals surface area contributed by atoms with Crippen LogP contribution in [0.1, 0.15) is 29.2 Å². The summed E-state index contributed by atoms with van der Waals surface area (Å²) in [6.45, 7) is 1.46. The predicted molar refractivity (Wildman–Crippen MR) is 81.6 cm³/mol. The highest BCUT2D eigenvalue weighted by Crippen LogP contribution is 2.24. The van der Waals surface area contributed by atoms with Gasteiger partial charge in [-0.2, -0.15) is 0 Å². The summed E-state index contributed by atoms with van der Waals surface area (Å²) in [5.74, 6) is 0.0630. The van der Waals surface area contributed by atoms with Gasteiger partial charge in [-0.25, -0.2) is 0 Å². The number of nitrogens with zero attached hydrogens (tertiary/aromatic N) is 1. The van der Waals surface area contributed by atoms with Gasteiger partial charge in [0.15, 0.2) is 0 Å². The summed E-state index contributed by atoms with van der Waals surface area (Å²) in [7, 11) is 0. The fourth-order valence-electron chi connectivity index (χ4n) is 2.74. The molecule has 3 rings (SSSR count). The third-order valence-electron chi connectivity index (χ3n) is 3.82. The lowest BCUT2D eigenvalue weighted by atomic mass is 9.92. The topological polar surface area (TPSA) is 54.0 Å². The summed E-state index contributed by atoms with van der Waals surface area (Å²) in [4.78, 5) is 16.2. The van der Waals surface area contributed by atoms with E-state index in [2.05, 4.69) is 33.8 Å². The minimum atomic E-state index is 0.0630. The van der Waals surface area contributed by atoms with Gasteiger partial charge in [0.1, 0.15) is 0 Å². The Bertz CT molecular complexity index is 612. The molecule has 0 fully saturated rings. The maximum Gasteiger partial charge on any atom is 0.222 e. The predicted octanol–water partition coefficient (Wildman–Crippen LogP) is 1.97. The monoisotopic (exact) mass is 281 g/mol. The molecule has 1 aliphatic rings. The Kier molecular flexibility index (Phi) is 4.26. The smallest absolute Gasteiger partial charge is 0.222 e. The largest absolute Gasteiger partial charge is 0.352 e. The van der Waals surface area contributed by atoms with Gasteiger partial charge in [0.25, 0.3) is 0 Å². The Labute approximate surface area is 124 Å². The molecule has 21 heavy (non-hydrogen) atoms. The Morgan fingerprint density at radius 2 is 2.19 bits per heavy atom. The van der Waals surface area contributed by atoms with Crippen molar-refractivity contribution in [1.29, 1.82) is 0 Å². The van der Waals surface area contributed by atoms with E-state index in [0.29, 0.717) is 13.0 Å². The first-order valence-electron chi connectivity index (χ1n) is 7.30. The molecule has 4 nitrogen and oxygen atoms in total. The molecular weight excluding hydrogens is 262 g/mol. The molecule has 1 unspecified atom stereocenters. The van der Waals surface area contributed by atoms with Gasteiger partial charge in [-0.3, -0.25) is 9.78 Å². The first kappa shape index (κ1) is 13.8. The van der Waals surface area contributed by atoms with Gasteiger partial charge >= 0.3 is 0 Å². The number of rotatable bonds is 4. The minimum Gasteiger partial charge on any atom is -0.352 e. The van der Waals surface area contributed by atoms with Gasteiger partial charge in [-0.15, -0.1) is 0 Å². The summed E-state index contributed by atoms with van der Waals surface area (Å²) < 4.78 is 0. The fourth-order valence-corrected chi connectivity index (χ4v) is 2.74. The van der Waals surface area contributed by atoms with Crippen LogP contribution in [0.4, 0.5) is 0 Å². The van der Waals surface area contributed by atoms with Crippen LogP contribution < -0.4 is 10.6 Å². The summed E-state index contributed by atoms with van der Waals surface area (Å²) in [6, 6.07) is 12.3. The molecule has 0 radical (unpaired) electrons. The molecular formula is C17H19N3O. The third kappa shape index (κ3) is 3.47. The molecule has 1 atom stereocenters. The highest BCUT2D eigenvalue weighted by molar-refractivity contribution is 5.77. The minimum absolute atomic E-state index is 0.0630. The number of carbonyl (C=O) groups is 1. The van der Waals surface area contributed by atoms with Crippen molar-refractivity contribution in [1.82, 2.24) is 15.6 Å². The molecule has 0 spiro atoms. The van der Waals surface area contributed by atoms with Crippen LogP contribution in [0.25, 0.3) is 0 Å². The van der Waals surface area contributed by atoms with Gasteiger partial charge in [0, 0.05) is 31.4 Å². The highest BCUT2D eigenvalue weighted by Gasteiger charge is 2.21. The number of pyridine rings is 1. The van der Waals surface area contributed by atoms with E-state index in [1.165, 1.54) is 11.1 Å². The van der Waals surface area contributed by atoms with Crippen LogP contribution in [0.15, 0.2) is 48.8 Å². The molecule has 1 aromatic heterocycles. The van der Waals surface area contributed by atoms with E-state index in [-0.39, 0.29) is 11.9 Å². The average Bonchev–Trinajstić information content (AvgIpc) is 2.54. The number of aromatic nitrogens is 1. The van der Waals surface area contributed by atoms with Crippen molar-refractivity contribution in [3.05, 3.63) is 65.5 Å². The van der Waals surface area contributed by atoms with Crippen molar-refractivity contribution in [2.75, 3.05) is 6.54 Å². The van der Waals surface area contributed by atoms with Crippen LogP contribution >= 0.6 is 0 Å². The van der Waals surface area contributed by atoms with Crippen molar-refractivity contribution in [2.24, 2.45) is 0 Å². The maximum atomic E-state index is 12.1. The molecule has 1 amide bonds. The van der Waals surface area contributed by atoms with E-state index < -0.39 is 0 Å². The van der Waals surface area contributed by atoms with Gasteiger partial charge in [-0.05, 0) is 35.7 Å². The summed E-state index contributed by atoms with van der Waals surface area (Å²) in [5.41, 5.74) is 3.62. The zero-order valence-corrected chi connectivity index (χ0v) is 11.9. The first-order valence-corrected chi connectivity index (χ1v) is 7.30. The number of benzene rings is 1. The van der Waals surface area contributed by atoms with Gasteiger partial charge in [-0.1, -0.05) is 30.3 Å². The molecule has 1 aromatic carbocycles. The molecule has 108 valence electrons. The van der Waals surface area contributed by atoms with Crippen LogP contribution in [0.2, 0.25) is 0 Å². The summed E-state index contributed by atoms with van der Waals surface area (Å²) in [6.07, 6.45) is 5.00. The van der Waals surface area contributed by atoms with Crippen molar-refractivity contribution < 1.29 is 4.79 Å². The second kappa shape index (κ2) is 6.50. The van der Waals surface area contributed by atoms with E-state index in [1.807, 2.05) is 18.2 Å². The number of amides is 1. The zero-order chi connectivity index (χ0) is 14.5. The quantitative estimate of drug-likeness (QED) is 0.901. The highest BCUT2D eigenvalue weighted by atomic mass is 16.1. The summed E-state index contributed by atoms with van der Waals surface area (Å²) >= 11 is 0. The van der Waals surface area contributed by atoms with Gasteiger partial charge in [0.2, 0.25) is 5.91 Å². The van der Waals surface area contributed by atoms with Crippen molar-refractivity contribution in [2.45, 2.75) is 25.4 Å². The van der Waals surface area contributed by atoms with E-state index in [0.717, 1.165) is 18.5 Å². The Morgan fingerprint density at radius 3 is 3.05 bits per heavy atom. The van der Waals surface area contributed by atoms with Crippen LogP contribution in [-0.2, 0) is 17.8 Å². The van der Waals surface area contributed by atoms with Crippen LogP contribution in [0.3, 0.4) is 0 Å². The van der Waals surface area contributed by atoms with E-state index in [1.54, 1.807) is 12.4 Å². The molecule has 4 heteroatoms. The number of fused-ring (bicyclic) bond motifs is 1. The standard InChI is InChI=1S/C17H19N3O/c21-17(20-12-13-4-3-8-18-11-13)10-16-15-6-2-1-5-14(15)7-9-19-16/h1-6,8,11,16,19H,7,9-10,12H2,(H,20,21). The Morgan fingerprint density at radius 1 is 1.29 bits per heavy atom. The van der Waals surface area contributed by atoms with E-state index in [4.69, 9.17) is 0 Å². The van der Waals surface area contributed by atoms with E-state index in [9.17, 15) is 4.79 Å². The molecule has 0 bridgehead atoms. The molecule has 0 aliphatic carbocycles. The first-order chi connectivity index (χ1) is 10.3. The Hall–Kier alpha value is -2.20. The molecule has 1 aliphatic heterocycles. The molecule has 0 saturated carbocycles. The molecule has 2 N–H and O–H groups in total. The molecule has 2 aromatic rings. The maximum absolute atomic E-state index is 12.1. The van der Waals surface area contributed by atoms with Crippen LogP contribution in [0.5, 0.6) is 0 Å². The fraction of sp³-hybridized carbons (Fsp3) is 0.294. The number of hydrogen-bond acceptors (Lipinski definition) is 3. The van der Waals surface area contributed by atoms with Crippen molar-refractivity contribution in [3.8, 4) is 0 Å².